The Morgan fingerprint density at radius 2 is 1.93 bits per heavy atom. The number of hydrogen-bond donors (Lipinski definition) is 0. The molecule has 1 rings (SSSR count). The SMILES string of the molecule is CCCCC(=O)C(I)=C1CCCCC1. The highest BCUT2D eigenvalue weighted by atomic mass is 127. The number of unbranched alkanes of at least 4 members (excludes halogenated alkanes) is 1. The van der Waals surface area contributed by atoms with Gasteiger partial charge in [-0.25, -0.2) is 0 Å². The highest BCUT2D eigenvalue weighted by Gasteiger charge is 2.14. The third kappa shape index (κ3) is 3.71. The van der Waals surface area contributed by atoms with Crippen LogP contribution in [0.1, 0.15) is 58.3 Å². The molecule has 0 aromatic heterocycles. The molecule has 0 unspecified atom stereocenters. The van der Waals surface area contributed by atoms with Gasteiger partial charge in [0.05, 0.1) is 3.58 Å². The standard InChI is InChI=1S/C12H19IO/c1-2-3-9-11(14)12(13)10-7-5-4-6-8-10/h2-9H2,1H3. The van der Waals surface area contributed by atoms with Crippen LogP contribution in [-0.4, -0.2) is 5.78 Å². The van der Waals surface area contributed by atoms with Crippen molar-refractivity contribution in [3.63, 3.8) is 0 Å². The van der Waals surface area contributed by atoms with E-state index in [-0.39, 0.29) is 0 Å². The van der Waals surface area contributed by atoms with E-state index in [9.17, 15) is 4.79 Å². The second kappa shape index (κ2) is 6.59. The Hall–Kier alpha value is 0.140. The molecular formula is C12H19IO. The molecule has 0 bridgehead atoms. The molecule has 1 fully saturated rings. The molecular weight excluding hydrogens is 287 g/mol. The van der Waals surface area contributed by atoms with E-state index in [4.69, 9.17) is 0 Å². The monoisotopic (exact) mass is 306 g/mol. The van der Waals surface area contributed by atoms with Gasteiger partial charge in [-0.15, -0.1) is 0 Å². The smallest absolute Gasteiger partial charge is 0.168 e. The van der Waals surface area contributed by atoms with Crippen molar-refractivity contribution in [1.82, 2.24) is 0 Å². The molecule has 1 aliphatic rings. The van der Waals surface area contributed by atoms with Crippen LogP contribution in [0.3, 0.4) is 0 Å². The van der Waals surface area contributed by atoms with Gasteiger partial charge in [-0.1, -0.05) is 25.3 Å². The van der Waals surface area contributed by atoms with Crippen molar-refractivity contribution in [3.05, 3.63) is 9.15 Å². The van der Waals surface area contributed by atoms with Crippen LogP contribution in [0.25, 0.3) is 0 Å². The molecule has 0 radical (unpaired) electrons. The fourth-order valence-electron chi connectivity index (χ4n) is 1.84. The Kier molecular flexibility index (Phi) is 5.75. The summed E-state index contributed by atoms with van der Waals surface area (Å²) in [6, 6.07) is 0. The van der Waals surface area contributed by atoms with Crippen LogP contribution < -0.4 is 0 Å². The quantitative estimate of drug-likeness (QED) is 0.556. The molecule has 0 atom stereocenters. The van der Waals surface area contributed by atoms with Crippen LogP contribution in [-0.2, 0) is 4.79 Å². The zero-order valence-electron chi connectivity index (χ0n) is 8.94. The molecule has 0 heterocycles. The van der Waals surface area contributed by atoms with E-state index < -0.39 is 0 Å². The fourth-order valence-corrected chi connectivity index (χ4v) is 2.65. The van der Waals surface area contributed by atoms with Crippen molar-refractivity contribution in [2.24, 2.45) is 0 Å². The summed E-state index contributed by atoms with van der Waals surface area (Å²) in [5.74, 6) is 0.379. The van der Waals surface area contributed by atoms with E-state index in [0.717, 1.165) is 35.7 Å². The summed E-state index contributed by atoms with van der Waals surface area (Å²) in [5.41, 5.74) is 1.43. The van der Waals surface area contributed by atoms with E-state index >= 15 is 0 Å². The van der Waals surface area contributed by atoms with E-state index in [1.54, 1.807) is 0 Å². The minimum atomic E-state index is 0.379. The van der Waals surface area contributed by atoms with Crippen LogP contribution in [0.15, 0.2) is 9.15 Å². The lowest BCUT2D eigenvalue weighted by Gasteiger charge is -2.15. The number of halogens is 1. The molecule has 0 spiro atoms. The van der Waals surface area contributed by atoms with Gasteiger partial charge in [0.15, 0.2) is 5.78 Å². The van der Waals surface area contributed by atoms with Gasteiger partial charge in [-0.2, -0.15) is 0 Å². The first-order chi connectivity index (χ1) is 6.75. The first-order valence-corrected chi connectivity index (χ1v) is 6.74. The van der Waals surface area contributed by atoms with Crippen molar-refractivity contribution in [3.8, 4) is 0 Å². The lowest BCUT2D eigenvalue weighted by Crippen LogP contribution is -2.03. The molecule has 0 aromatic rings. The van der Waals surface area contributed by atoms with Gasteiger partial charge < -0.3 is 0 Å². The van der Waals surface area contributed by atoms with Crippen LogP contribution in [0, 0.1) is 0 Å². The van der Waals surface area contributed by atoms with Crippen LogP contribution in [0.4, 0.5) is 0 Å². The Bertz CT molecular complexity index is 222. The summed E-state index contributed by atoms with van der Waals surface area (Å²) in [5, 5.41) is 0. The second-order valence-corrected chi connectivity index (χ2v) is 5.08. The molecule has 1 saturated carbocycles. The van der Waals surface area contributed by atoms with Crippen molar-refractivity contribution < 1.29 is 4.79 Å². The number of carbonyl (C=O) groups excluding carboxylic acids is 1. The molecule has 14 heavy (non-hydrogen) atoms. The summed E-state index contributed by atoms with van der Waals surface area (Å²) in [7, 11) is 0. The normalized spacial score (nSPS) is 16.9. The Balaban J connectivity index is 2.51. The number of ketones is 1. The minimum absolute atomic E-state index is 0.379. The van der Waals surface area contributed by atoms with Gasteiger partial charge in [-0.3, -0.25) is 4.79 Å². The van der Waals surface area contributed by atoms with E-state index in [0.29, 0.717) is 5.78 Å². The molecule has 0 aliphatic heterocycles. The molecule has 0 amide bonds. The Labute approximate surface area is 100 Å². The molecule has 0 aromatic carbocycles. The van der Waals surface area contributed by atoms with Gasteiger partial charge in [-0.05, 0) is 54.7 Å². The summed E-state index contributed by atoms with van der Waals surface area (Å²) in [4.78, 5) is 11.7. The maximum absolute atomic E-state index is 11.7. The van der Waals surface area contributed by atoms with Gasteiger partial charge in [0.25, 0.3) is 0 Å². The first-order valence-electron chi connectivity index (χ1n) is 5.66. The largest absolute Gasteiger partial charge is 0.294 e. The molecule has 1 aliphatic carbocycles. The highest BCUT2D eigenvalue weighted by Crippen LogP contribution is 2.29. The number of hydrogen-bond acceptors (Lipinski definition) is 1. The van der Waals surface area contributed by atoms with E-state index in [1.165, 1.54) is 24.8 Å². The lowest BCUT2D eigenvalue weighted by molar-refractivity contribution is -0.114. The van der Waals surface area contributed by atoms with Gasteiger partial charge in [0.2, 0.25) is 0 Å². The average molecular weight is 306 g/mol. The second-order valence-electron chi connectivity index (χ2n) is 4.00. The predicted molar refractivity (Wildman–Crippen MR) is 68.7 cm³/mol. The van der Waals surface area contributed by atoms with Gasteiger partial charge >= 0.3 is 0 Å². The summed E-state index contributed by atoms with van der Waals surface area (Å²) >= 11 is 2.26. The predicted octanol–water partition coefficient (Wildman–Crippen LogP) is 4.40. The number of allylic oxidation sites excluding steroid dienone is 2. The summed E-state index contributed by atoms with van der Waals surface area (Å²) < 4.78 is 1.05. The van der Waals surface area contributed by atoms with Crippen LogP contribution in [0.2, 0.25) is 0 Å². The fraction of sp³-hybridized carbons (Fsp3) is 0.750. The molecule has 80 valence electrons. The third-order valence-corrected chi connectivity index (χ3v) is 4.13. The maximum Gasteiger partial charge on any atom is 0.168 e. The van der Waals surface area contributed by atoms with Crippen LogP contribution >= 0.6 is 22.6 Å². The lowest BCUT2D eigenvalue weighted by atomic mass is 9.93. The maximum atomic E-state index is 11.7. The summed E-state index contributed by atoms with van der Waals surface area (Å²) in [6.45, 7) is 2.13. The Morgan fingerprint density at radius 1 is 1.29 bits per heavy atom. The van der Waals surface area contributed by atoms with Crippen molar-refractivity contribution in [2.45, 2.75) is 58.3 Å². The zero-order chi connectivity index (χ0) is 10.4. The third-order valence-electron chi connectivity index (χ3n) is 2.77. The van der Waals surface area contributed by atoms with Gasteiger partial charge in [0, 0.05) is 6.42 Å². The van der Waals surface area contributed by atoms with Crippen molar-refractivity contribution in [2.75, 3.05) is 0 Å². The zero-order valence-corrected chi connectivity index (χ0v) is 11.1. The highest BCUT2D eigenvalue weighted by molar-refractivity contribution is 14.1. The molecule has 0 saturated heterocycles. The topological polar surface area (TPSA) is 17.1 Å². The van der Waals surface area contributed by atoms with E-state index in [1.807, 2.05) is 0 Å². The first kappa shape index (κ1) is 12.2. The average Bonchev–Trinajstić information content (AvgIpc) is 2.26. The van der Waals surface area contributed by atoms with E-state index in [2.05, 4.69) is 29.5 Å². The Morgan fingerprint density at radius 3 is 2.50 bits per heavy atom. The molecule has 0 N–H and O–H groups in total. The van der Waals surface area contributed by atoms with Crippen LogP contribution in [0.5, 0.6) is 0 Å². The van der Waals surface area contributed by atoms with Crippen molar-refractivity contribution in [1.29, 1.82) is 0 Å². The molecule has 1 nitrogen and oxygen atoms in total. The minimum Gasteiger partial charge on any atom is -0.294 e. The molecule has 2 heteroatoms. The van der Waals surface area contributed by atoms with Gasteiger partial charge in [0.1, 0.15) is 0 Å². The number of rotatable bonds is 4. The number of carbonyl (C=O) groups is 1. The van der Waals surface area contributed by atoms with Crippen molar-refractivity contribution >= 4 is 28.4 Å². The number of Topliss-reactive ketones (excluding diaryl/α,β-unsaturated/α-hetero) is 1. The summed E-state index contributed by atoms with van der Waals surface area (Å²) in [6.07, 6.45) is 9.14.